The van der Waals surface area contributed by atoms with E-state index >= 15 is 0 Å². The van der Waals surface area contributed by atoms with Crippen LogP contribution in [0, 0.1) is 0 Å². The molecule has 3 N–H and O–H groups in total. The van der Waals surface area contributed by atoms with Gasteiger partial charge in [-0.3, -0.25) is 20.4 Å². The molecule has 0 fully saturated rings. The highest BCUT2D eigenvalue weighted by atomic mass is 16.5. The van der Waals surface area contributed by atoms with Crippen molar-refractivity contribution in [3.8, 4) is 5.75 Å². The highest BCUT2D eigenvalue weighted by Gasteiger charge is 2.11. The first kappa shape index (κ1) is 14.2. The van der Waals surface area contributed by atoms with E-state index in [2.05, 4.69) is 5.43 Å². The van der Waals surface area contributed by atoms with Crippen molar-refractivity contribution in [3.63, 3.8) is 0 Å². The largest absolute Gasteiger partial charge is 0.496 e. The third kappa shape index (κ3) is 4.50. The summed E-state index contributed by atoms with van der Waals surface area (Å²) in [6.45, 7) is 0. The zero-order valence-electron chi connectivity index (χ0n) is 10.0. The number of carbonyl (C=O) groups is 3. The van der Waals surface area contributed by atoms with Crippen molar-refractivity contribution < 1.29 is 24.2 Å². The molecule has 0 bridgehead atoms. The molecule has 100 valence electrons. The van der Waals surface area contributed by atoms with Crippen LogP contribution in [0.4, 0.5) is 0 Å². The Kier molecular flexibility index (Phi) is 5.09. The summed E-state index contributed by atoms with van der Waals surface area (Å²) in [4.78, 5) is 33.0. The minimum Gasteiger partial charge on any atom is -0.496 e. The summed E-state index contributed by atoms with van der Waals surface area (Å²) >= 11 is 0. The Morgan fingerprint density at radius 1 is 1.16 bits per heavy atom. The van der Waals surface area contributed by atoms with Gasteiger partial charge in [-0.15, -0.1) is 0 Å². The molecule has 0 radical (unpaired) electrons. The van der Waals surface area contributed by atoms with E-state index in [1.165, 1.54) is 13.2 Å². The monoisotopic (exact) mass is 264 g/mol. The molecule has 19 heavy (non-hydrogen) atoms. The highest BCUT2D eigenvalue weighted by molar-refractivity contribution is 5.99. The molecule has 7 nitrogen and oxygen atoms in total. The Bertz CT molecular complexity index is 525. The van der Waals surface area contributed by atoms with Crippen LogP contribution in [0.25, 0.3) is 0 Å². The maximum absolute atomic E-state index is 11.7. The number of nitrogens with one attached hydrogen (secondary N) is 2. The molecule has 0 unspecified atom stereocenters. The first-order valence-corrected chi connectivity index (χ1v) is 5.19. The fourth-order valence-corrected chi connectivity index (χ4v) is 1.21. The molecule has 0 aromatic heterocycles. The van der Waals surface area contributed by atoms with E-state index < -0.39 is 17.8 Å². The third-order valence-corrected chi connectivity index (χ3v) is 2.03. The van der Waals surface area contributed by atoms with Gasteiger partial charge in [0.25, 0.3) is 11.8 Å². The predicted octanol–water partition coefficient (Wildman–Crippen LogP) is 0.0970. The van der Waals surface area contributed by atoms with Gasteiger partial charge in [-0.2, -0.15) is 0 Å². The van der Waals surface area contributed by atoms with Crippen LogP contribution >= 0.6 is 0 Å². The standard InChI is InChI=1S/C12H12N2O5/c1-19-9-5-3-2-4-8(9)12(18)14-13-10(15)6-7-11(16)17/h2-7H,1H3,(H,13,15)(H,14,18)(H,16,17). The van der Waals surface area contributed by atoms with Crippen LogP contribution in [0.5, 0.6) is 5.75 Å². The van der Waals surface area contributed by atoms with Gasteiger partial charge >= 0.3 is 5.97 Å². The lowest BCUT2D eigenvalue weighted by Gasteiger charge is -2.08. The van der Waals surface area contributed by atoms with Gasteiger partial charge < -0.3 is 9.84 Å². The molecule has 1 aromatic rings. The lowest BCUT2D eigenvalue weighted by Crippen LogP contribution is -2.40. The van der Waals surface area contributed by atoms with E-state index in [9.17, 15) is 14.4 Å². The highest BCUT2D eigenvalue weighted by Crippen LogP contribution is 2.16. The normalized spacial score (nSPS) is 9.95. The van der Waals surface area contributed by atoms with E-state index in [0.717, 1.165) is 6.08 Å². The topological polar surface area (TPSA) is 105 Å². The number of hydrogen-bond acceptors (Lipinski definition) is 4. The molecule has 0 saturated carbocycles. The van der Waals surface area contributed by atoms with Crippen LogP contribution in [0.2, 0.25) is 0 Å². The van der Waals surface area contributed by atoms with Crippen LogP contribution in [0.1, 0.15) is 10.4 Å². The molecular formula is C12H12N2O5. The number of methoxy groups -OCH3 is 1. The number of carbonyl (C=O) groups excluding carboxylic acids is 2. The zero-order valence-corrected chi connectivity index (χ0v) is 10.0. The first-order chi connectivity index (χ1) is 9.04. The molecule has 0 atom stereocenters. The molecule has 7 heteroatoms. The molecule has 0 heterocycles. The summed E-state index contributed by atoms with van der Waals surface area (Å²) in [6, 6.07) is 6.46. The van der Waals surface area contributed by atoms with Gasteiger partial charge in [0, 0.05) is 12.2 Å². The summed E-state index contributed by atoms with van der Waals surface area (Å²) < 4.78 is 4.99. The summed E-state index contributed by atoms with van der Waals surface area (Å²) in [5, 5.41) is 8.32. The second-order valence-corrected chi connectivity index (χ2v) is 3.32. The number of rotatable bonds is 4. The summed E-state index contributed by atoms with van der Waals surface area (Å²) in [5.41, 5.74) is 4.42. The van der Waals surface area contributed by atoms with Crippen molar-refractivity contribution in [1.29, 1.82) is 0 Å². The zero-order chi connectivity index (χ0) is 14.3. The van der Waals surface area contributed by atoms with Gasteiger partial charge in [0.1, 0.15) is 5.75 Å². The van der Waals surface area contributed by atoms with Crippen LogP contribution in [0.15, 0.2) is 36.4 Å². The minimum absolute atomic E-state index is 0.243. The van der Waals surface area contributed by atoms with Crippen molar-refractivity contribution in [3.05, 3.63) is 42.0 Å². The lowest BCUT2D eigenvalue weighted by molar-refractivity contribution is -0.131. The van der Waals surface area contributed by atoms with Crippen LogP contribution in [0.3, 0.4) is 0 Å². The number of hydrogen-bond donors (Lipinski definition) is 3. The fraction of sp³-hybridized carbons (Fsp3) is 0.0833. The maximum atomic E-state index is 11.7. The first-order valence-electron chi connectivity index (χ1n) is 5.19. The van der Waals surface area contributed by atoms with Crippen molar-refractivity contribution >= 4 is 17.8 Å². The Labute approximate surface area is 108 Å². The predicted molar refractivity (Wildman–Crippen MR) is 65.4 cm³/mol. The number of hydrazine groups is 1. The summed E-state index contributed by atoms with van der Waals surface area (Å²) in [5.74, 6) is -2.23. The average molecular weight is 264 g/mol. The number of carboxylic acid groups (broad SMARTS) is 1. The van der Waals surface area contributed by atoms with Crippen LogP contribution in [-0.4, -0.2) is 30.0 Å². The average Bonchev–Trinajstić information content (AvgIpc) is 2.42. The summed E-state index contributed by atoms with van der Waals surface area (Å²) in [7, 11) is 1.42. The smallest absolute Gasteiger partial charge is 0.328 e. The van der Waals surface area contributed by atoms with Gasteiger partial charge in [-0.25, -0.2) is 4.79 Å². The van der Waals surface area contributed by atoms with Crippen LogP contribution in [-0.2, 0) is 9.59 Å². The van der Waals surface area contributed by atoms with Gasteiger partial charge in [0.15, 0.2) is 0 Å². The van der Waals surface area contributed by atoms with Gasteiger partial charge in [-0.05, 0) is 12.1 Å². The van der Waals surface area contributed by atoms with Crippen molar-refractivity contribution in [1.82, 2.24) is 10.9 Å². The van der Waals surface area contributed by atoms with Crippen molar-refractivity contribution in [2.24, 2.45) is 0 Å². The second-order valence-electron chi connectivity index (χ2n) is 3.32. The molecular weight excluding hydrogens is 252 g/mol. The molecule has 1 aromatic carbocycles. The van der Waals surface area contributed by atoms with E-state index in [4.69, 9.17) is 9.84 Å². The Morgan fingerprint density at radius 2 is 1.84 bits per heavy atom. The molecule has 0 aliphatic carbocycles. The Hall–Kier alpha value is -2.83. The van der Waals surface area contributed by atoms with Gasteiger partial charge in [-0.1, -0.05) is 12.1 Å². The fourth-order valence-electron chi connectivity index (χ4n) is 1.21. The van der Waals surface area contributed by atoms with Crippen LogP contribution < -0.4 is 15.6 Å². The minimum atomic E-state index is -1.26. The van der Waals surface area contributed by atoms with Gasteiger partial charge in [0.2, 0.25) is 0 Å². The Balaban J connectivity index is 2.61. The van der Waals surface area contributed by atoms with E-state index in [-0.39, 0.29) is 5.56 Å². The number of ether oxygens (including phenoxy) is 1. The molecule has 0 spiro atoms. The number of amides is 2. The van der Waals surface area contributed by atoms with E-state index in [0.29, 0.717) is 11.8 Å². The van der Waals surface area contributed by atoms with Gasteiger partial charge in [0.05, 0.1) is 12.7 Å². The third-order valence-electron chi connectivity index (χ3n) is 2.03. The quantitative estimate of drug-likeness (QED) is 0.528. The van der Waals surface area contributed by atoms with Crippen molar-refractivity contribution in [2.45, 2.75) is 0 Å². The number of aliphatic carboxylic acids is 1. The molecule has 1 rings (SSSR count). The SMILES string of the molecule is COc1ccccc1C(=O)NNC(=O)C=CC(=O)O. The lowest BCUT2D eigenvalue weighted by atomic mass is 10.2. The molecule has 0 aliphatic rings. The van der Waals surface area contributed by atoms with E-state index in [1.54, 1.807) is 18.2 Å². The Morgan fingerprint density at radius 3 is 2.47 bits per heavy atom. The summed E-state index contributed by atoms with van der Waals surface area (Å²) in [6.07, 6.45) is 1.44. The van der Waals surface area contributed by atoms with E-state index in [1.807, 2.05) is 5.43 Å². The maximum Gasteiger partial charge on any atom is 0.328 e. The number of benzene rings is 1. The molecule has 0 aliphatic heterocycles. The molecule has 0 saturated heterocycles. The molecule has 2 amide bonds. The van der Waals surface area contributed by atoms with Crippen molar-refractivity contribution in [2.75, 3.05) is 7.11 Å². The number of para-hydroxylation sites is 1. The number of carboxylic acids is 1. The second kappa shape index (κ2) is 6.80.